The number of hydrogen-bond acceptors (Lipinski definition) is 4. The predicted octanol–water partition coefficient (Wildman–Crippen LogP) is 3.15. The maximum Gasteiger partial charge on any atom is 0.326 e. The predicted molar refractivity (Wildman–Crippen MR) is 99.7 cm³/mol. The third-order valence-corrected chi connectivity index (χ3v) is 4.83. The van der Waals surface area contributed by atoms with E-state index in [2.05, 4.69) is 0 Å². The van der Waals surface area contributed by atoms with Crippen molar-refractivity contribution < 1.29 is 19.5 Å². The maximum atomic E-state index is 13.0. The van der Waals surface area contributed by atoms with Crippen LogP contribution in [0.25, 0.3) is 10.8 Å². The fourth-order valence-electron chi connectivity index (χ4n) is 3.53. The van der Waals surface area contributed by atoms with Crippen molar-refractivity contribution in [2.45, 2.75) is 32.2 Å². The number of anilines is 1. The second kappa shape index (κ2) is 6.78. The molecule has 2 amide bonds. The molecular formula is C20H22N2O4. The summed E-state index contributed by atoms with van der Waals surface area (Å²) in [5.41, 5.74) is 1.66. The number of nitrogens with zero attached hydrogens (tertiary/aromatic N) is 2. The zero-order chi connectivity index (χ0) is 19.0. The molecule has 26 heavy (non-hydrogen) atoms. The molecule has 6 heteroatoms. The van der Waals surface area contributed by atoms with Crippen molar-refractivity contribution in [1.29, 1.82) is 0 Å². The van der Waals surface area contributed by atoms with Gasteiger partial charge in [0.2, 0.25) is 0 Å². The van der Waals surface area contributed by atoms with Crippen LogP contribution in [-0.2, 0) is 4.79 Å². The Kier molecular flexibility index (Phi) is 4.68. The summed E-state index contributed by atoms with van der Waals surface area (Å²) >= 11 is 0. The van der Waals surface area contributed by atoms with Crippen LogP contribution in [0.5, 0.6) is 0 Å². The number of aliphatic carboxylic acids is 1. The highest BCUT2D eigenvalue weighted by Crippen LogP contribution is 2.36. The van der Waals surface area contributed by atoms with Crippen molar-refractivity contribution in [1.82, 2.24) is 4.90 Å². The Morgan fingerprint density at radius 1 is 1.12 bits per heavy atom. The Morgan fingerprint density at radius 3 is 2.35 bits per heavy atom. The van der Waals surface area contributed by atoms with E-state index in [0.29, 0.717) is 22.9 Å². The third-order valence-electron chi connectivity index (χ3n) is 4.83. The molecule has 0 aromatic heterocycles. The van der Waals surface area contributed by atoms with Crippen molar-refractivity contribution in [3.05, 3.63) is 41.5 Å². The number of hydrogen-bond donors (Lipinski definition) is 1. The SMILES string of the molecule is CCCCC(C(=O)O)N1C(=O)c2cccc3c(N(C)C)ccc(c23)C1=O. The van der Waals surface area contributed by atoms with Gasteiger partial charge in [-0.3, -0.25) is 14.5 Å². The van der Waals surface area contributed by atoms with E-state index in [1.165, 1.54) is 0 Å². The first kappa shape index (κ1) is 17.9. The molecule has 0 saturated carbocycles. The van der Waals surface area contributed by atoms with Crippen LogP contribution in [0, 0.1) is 0 Å². The minimum absolute atomic E-state index is 0.254. The second-order valence-corrected chi connectivity index (χ2v) is 6.73. The highest BCUT2D eigenvalue weighted by Gasteiger charge is 2.40. The highest BCUT2D eigenvalue weighted by atomic mass is 16.4. The van der Waals surface area contributed by atoms with Gasteiger partial charge >= 0.3 is 5.97 Å². The molecule has 0 spiro atoms. The number of amides is 2. The summed E-state index contributed by atoms with van der Waals surface area (Å²) in [4.78, 5) is 40.6. The van der Waals surface area contributed by atoms with E-state index in [0.717, 1.165) is 22.4 Å². The molecule has 2 aromatic carbocycles. The summed E-state index contributed by atoms with van der Waals surface area (Å²) in [7, 11) is 3.79. The Labute approximate surface area is 152 Å². The molecule has 6 nitrogen and oxygen atoms in total. The molecule has 1 unspecified atom stereocenters. The maximum absolute atomic E-state index is 13.0. The highest BCUT2D eigenvalue weighted by molar-refractivity contribution is 6.27. The molecular weight excluding hydrogens is 332 g/mol. The minimum Gasteiger partial charge on any atom is -0.480 e. The Morgan fingerprint density at radius 2 is 1.77 bits per heavy atom. The summed E-state index contributed by atoms with van der Waals surface area (Å²) in [6.07, 6.45) is 1.67. The number of unbranched alkanes of at least 4 members (excludes halogenated alkanes) is 1. The van der Waals surface area contributed by atoms with Crippen LogP contribution in [0.2, 0.25) is 0 Å². The normalized spacial score (nSPS) is 14.7. The molecule has 1 aliphatic heterocycles. The summed E-state index contributed by atoms with van der Waals surface area (Å²) in [6, 6.07) is 7.66. The van der Waals surface area contributed by atoms with Gasteiger partial charge in [0.15, 0.2) is 0 Å². The van der Waals surface area contributed by atoms with Gasteiger partial charge in [0, 0.05) is 41.7 Å². The van der Waals surface area contributed by atoms with E-state index < -0.39 is 23.8 Å². The van der Waals surface area contributed by atoms with E-state index in [-0.39, 0.29) is 6.42 Å². The lowest BCUT2D eigenvalue weighted by Crippen LogP contribution is -2.50. The molecule has 3 rings (SSSR count). The fourth-order valence-corrected chi connectivity index (χ4v) is 3.53. The van der Waals surface area contributed by atoms with Crippen molar-refractivity contribution >= 4 is 34.2 Å². The zero-order valence-corrected chi connectivity index (χ0v) is 15.2. The van der Waals surface area contributed by atoms with E-state index in [1.807, 2.05) is 38.1 Å². The standard InChI is InChI=1S/C20H22N2O4/c1-4-5-9-16(20(25)26)22-18(23)13-8-6-7-12-15(21(2)3)11-10-14(17(12)13)19(22)24/h6-8,10-11,16H,4-5,9H2,1-3H3,(H,25,26). The van der Waals surface area contributed by atoms with Gasteiger partial charge in [-0.1, -0.05) is 31.9 Å². The first-order valence-corrected chi connectivity index (χ1v) is 8.72. The summed E-state index contributed by atoms with van der Waals surface area (Å²) in [5.74, 6) is -2.22. The first-order chi connectivity index (χ1) is 12.4. The fraction of sp³-hybridized carbons (Fsp3) is 0.350. The van der Waals surface area contributed by atoms with Gasteiger partial charge in [0.25, 0.3) is 11.8 Å². The Bertz CT molecular complexity index is 882. The van der Waals surface area contributed by atoms with Gasteiger partial charge in [-0.15, -0.1) is 0 Å². The quantitative estimate of drug-likeness (QED) is 0.806. The lowest BCUT2D eigenvalue weighted by atomic mass is 9.91. The number of benzene rings is 2. The first-order valence-electron chi connectivity index (χ1n) is 8.72. The molecule has 0 radical (unpaired) electrons. The van der Waals surface area contributed by atoms with E-state index in [4.69, 9.17) is 0 Å². The lowest BCUT2D eigenvalue weighted by molar-refractivity contribution is -0.141. The van der Waals surface area contributed by atoms with Crippen molar-refractivity contribution in [3.63, 3.8) is 0 Å². The molecule has 136 valence electrons. The average Bonchev–Trinajstić information content (AvgIpc) is 2.61. The molecule has 1 aliphatic rings. The summed E-state index contributed by atoms with van der Waals surface area (Å²) < 4.78 is 0. The van der Waals surface area contributed by atoms with Crippen molar-refractivity contribution in [2.75, 3.05) is 19.0 Å². The molecule has 2 aromatic rings. The van der Waals surface area contributed by atoms with Crippen LogP contribution in [0.15, 0.2) is 30.3 Å². The van der Waals surface area contributed by atoms with Crippen LogP contribution < -0.4 is 4.90 Å². The number of carboxylic acids is 1. The Balaban J connectivity index is 2.19. The zero-order valence-electron chi connectivity index (χ0n) is 15.2. The number of carboxylic acid groups (broad SMARTS) is 1. The van der Waals surface area contributed by atoms with Gasteiger partial charge < -0.3 is 10.0 Å². The second-order valence-electron chi connectivity index (χ2n) is 6.73. The number of imide groups is 1. The molecule has 0 saturated heterocycles. The van der Waals surface area contributed by atoms with Crippen LogP contribution in [0.1, 0.15) is 46.9 Å². The van der Waals surface area contributed by atoms with Crippen LogP contribution in [0.4, 0.5) is 5.69 Å². The van der Waals surface area contributed by atoms with E-state index in [1.54, 1.807) is 18.2 Å². The van der Waals surface area contributed by atoms with Crippen LogP contribution in [-0.4, -0.2) is 47.9 Å². The van der Waals surface area contributed by atoms with Gasteiger partial charge in [0.05, 0.1) is 0 Å². The van der Waals surface area contributed by atoms with Gasteiger partial charge in [-0.05, 0) is 24.6 Å². The van der Waals surface area contributed by atoms with E-state index >= 15 is 0 Å². The Hall–Kier alpha value is -2.89. The van der Waals surface area contributed by atoms with Crippen LogP contribution in [0.3, 0.4) is 0 Å². The van der Waals surface area contributed by atoms with Gasteiger partial charge in [0.1, 0.15) is 6.04 Å². The molecule has 1 atom stereocenters. The molecule has 1 N–H and O–H groups in total. The third kappa shape index (κ3) is 2.71. The molecule has 1 heterocycles. The van der Waals surface area contributed by atoms with Gasteiger partial charge in [-0.2, -0.15) is 0 Å². The summed E-state index contributed by atoms with van der Waals surface area (Å²) in [6.45, 7) is 1.94. The minimum atomic E-state index is -1.15. The van der Waals surface area contributed by atoms with Gasteiger partial charge in [-0.25, -0.2) is 4.79 Å². The van der Waals surface area contributed by atoms with Crippen molar-refractivity contribution in [2.24, 2.45) is 0 Å². The van der Waals surface area contributed by atoms with Crippen LogP contribution >= 0.6 is 0 Å². The number of carbonyl (C=O) groups excluding carboxylic acids is 2. The molecule has 0 bridgehead atoms. The van der Waals surface area contributed by atoms with Crippen molar-refractivity contribution in [3.8, 4) is 0 Å². The smallest absolute Gasteiger partial charge is 0.326 e. The summed E-state index contributed by atoms with van der Waals surface area (Å²) in [5, 5.41) is 11.0. The van der Waals surface area contributed by atoms with E-state index in [9.17, 15) is 19.5 Å². The average molecular weight is 354 g/mol. The lowest BCUT2D eigenvalue weighted by Gasteiger charge is -2.32. The monoisotopic (exact) mass is 354 g/mol. The number of rotatable bonds is 6. The number of carbonyl (C=O) groups is 3. The molecule has 0 aliphatic carbocycles. The largest absolute Gasteiger partial charge is 0.480 e. The molecule has 0 fully saturated rings. The topological polar surface area (TPSA) is 77.9 Å².